The highest BCUT2D eigenvalue weighted by Gasteiger charge is 2.37. The molecule has 26 heavy (non-hydrogen) atoms. The highest BCUT2D eigenvalue weighted by Crippen LogP contribution is 2.33. The van der Waals surface area contributed by atoms with E-state index in [0.717, 1.165) is 25.7 Å². The number of methoxy groups -OCH3 is 1. The number of halogens is 1. The van der Waals surface area contributed by atoms with Crippen LogP contribution in [0.25, 0.3) is 0 Å². The Labute approximate surface area is 161 Å². The molecule has 0 aromatic heterocycles. The number of sulfonamides is 1. The predicted molar refractivity (Wildman–Crippen MR) is 107 cm³/mol. The molecule has 2 rings (SSSR count). The number of ether oxygens (including phenoxy) is 1. The van der Waals surface area contributed by atoms with Crippen molar-refractivity contribution in [1.29, 1.82) is 0 Å². The molecule has 1 saturated carbocycles. The summed E-state index contributed by atoms with van der Waals surface area (Å²) >= 11 is 0. The Kier molecular flexibility index (Phi) is 7.73. The van der Waals surface area contributed by atoms with Crippen LogP contribution >= 0.6 is 12.4 Å². The van der Waals surface area contributed by atoms with Crippen molar-refractivity contribution >= 4 is 39.7 Å². The molecule has 0 saturated heterocycles. The smallest absolute Gasteiger partial charge is 0.232 e. The number of anilines is 2. The van der Waals surface area contributed by atoms with Gasteiger partial charge in [0.05, 0.1) is 24.5 Å². The zero-order chi connectivity index (χ0) is 18.7. The largest absolute Gasteiger partial charge is 0.494 e. The number of rotatable bonds is 6. The Morgan fingerprint density at radius 2 is 2.08 bits per heavy atom. The van der Waals surface area contributed by atoms with Gasteiger partial charge in [-0.1, -0.05) is 12.8 Å². The predicted octanol–water partition coefficient (Wildman–Crippen LogP) is 2.72. The van der Waals surface area contributed by atoms with Crippen LogP contribution in [0.4, 0.5) is 11.4 Å². The van der Waals surface area contributed by atoms with Crippen LogP contribution < -0.4 is 20.5 Å². The van der Waals surface area contributed by atoms with Crippen LogP contribution in [0.5, 0.6) is 5.75 Å². The van der Waals surface area contributed by atoms with E-state index in [9.17, 15) is 13.2 Å². The molecule has 0 bridgehead atoms. The third kappa shape index (κ3) is 5.49. The maximum Gasteiger partial charge on any atom is 0.232 e. The highest BCUT2D eigenvalue weighted by molar-refractivity contribution is 7.92. The van der Waals surface area contributed by atoms with Crippen molar-refractivity contribution in [3.8, 4) is 5.75 Å². The summed E-state index contributed by atoms with van der Waals surface area (Å²) in [5.41, 5.74) is 6.65. The van der Waals surface area contributed by atoms with Crippen molar-refractivity contribution in [2.24, 2.45) is 11.7 Å². The van der Waals surface area contributed by atoms with E-state index in [-0.39, 0.29) is 30.0 Å². The van der Waals surface area contributed by atoms with Gasteiger partial charge in [0.1, 0.15) is 5.75 Å². The van der Waals surface area contributed by atoms with Gasteiger partial charge in [-0.25, -0.2) is 8.42 Å². The van der Waals surface area contributed by atoms with Crippen LogP contribution in [0.15, 0.2) is 18.2 Å². The summed E-state index contributed by atoms with van der Waals surface area (Å²) in [5, 5.41) is 2.87. The van der Waals surface area contributed by atoms with Crippen molar-refractivity contribution in [2.45, 2.75) is 45.1 Å². The van der Waals surface area contributed by atoms with Gasteiger partial charge in [0, 0.05) is 17.3 Å². The van der Waals surface area contributed by atoms with E-state index in [4.69, 9.17) is 10.5 Å². The summed E-state index contributed by atoms with van der Waals surface area (Å²) in [4.78, 5) is 12.6. The summed E-state index contributed by atoms with van der Waals surface area (Å²) in [6.07, 6.45) is 3.62. The second kappa shape index (κ2) is 8.92. The number of nitrogens with one attached hydrogen (secondary N) is 2. The molecule has 2 unspecified atom stereocenters. The van der Waals surface area contributed by atoms with Gasteiger partial charge in [0.2, 0.25) is 15.9 Å². The fraction of sp³-hybridized carbons (Fsp3) is 0.588. The lowest BCUT2D eigenvalue weighted by Crippen LogP contribution is -2.51. The molecule has 0 radical (unpaired) electrons. The summed E-state index contributed by atoms with van der Waals surface area (Å²) in [6, 6.07) is 4.82. The lowest BCUT2D eigenvalue weighted by atomic mass is 9.74. The minimum atomic E-state index is -3.41. The van der Waals surface area contributed by atoms with Crippen LogP contribution in [-0.2, 0) is 14.8 Å². The van der Waals surface area contributed by atoms with E-state index in [0.29, 0.717) is 17.1 Å². The molecule has 4 N–H and O–H groups in total. The normalized spacial score (nSPS) is 22.8. The Morgan fingerprint density at radius 3 is 2.65 bits per heavy atom. The van der Waals surface area contributed by atoms with E-state index in [1.807, 2.05) is 6.92 Å². The molecule has 1 amide bonds. The first-order valence-corrected chi connectivity index (χ1v) is 10.1. The van der Waals surface area contributed by atoms with Gasteiger partial charge in [0.25, 0.3) is 0 Å². The Bertz CT molecular complexity index is 738. The van der Waals surface area contributed by atoms with Crippen molar-refractivity contribution in [2.75, 3.05) is 22.9 Å². The fourth-order valence-corrected chi connectivity index (χ4v) is 3.76. The third-order valence-corrected chi connectivity index (χ3v) is 5.98. The molecule has 1 fully saturated rings. The summed E-state index contributed by atoms with van der Waals surface area (Å²) in [7, 11) is -1.96. The molecule has 9 heteroatoms. The maximum atomic E-state index is 12.6. The van der Waals surface area contributed by atoms with Crippen LogP contribution in [-0.4, -0.2) is 32.7 Å². The molecule has 0 heterocycles. The van der Waals surface area contributed by atoms with E-state index < -0.39 is 15.6 Å². The second-order valence-corrected chi connectivity index (χ2v) is 8.72. The number of amides is 1. The molecule has 1 aliphatic carbocycles. The molecule has 0 spiro atoms. The van der Waals surface area contributed by atoms with Gasteiger partial charge in [-0.15, -0.1) is 12.4 Å². The molecule has 0 aliphatic heterocycles. The minimum absolute atomic E-state index is 0. The monoisotopic (exact) mass is 405 g/mol. The summed E-state index contributed by atoms with van der Waals surface area (Å²) in [5.74, 6) is -0.0565. The highest BCUT2D eigenvalue weighted by atomic mass is 35.5. The van der Waals surface area contributed by atoms with E-state index >= 15 is 0 Å². The fourth-order valence-electron chi connectivity index (χ4n) is 3.11. The number of hydrogen-bond donors (Lipinski definition) is 3. The maximum absolute atomic E-state index is 12.6. The number of carbonyl (C=O) groups is 1. The minimum Gasteiger partial charge on any atom is -0.494 e. The average molecular weight is 406 g/mol. The first-order valence-electron chi connectivity index (χ1n) is 8.47. The molecule has 148 valence electrons. The third-order valence-electron chi connectivity index (χ3n) is 4.69. The van der Waals surface area contributed by atoms with Crippen LogP contribution in [0.2, 0.25) is 0 Å². The van der Waals surface area contributed by atoms with E-state index in [1.165, 1.54) is 7.11 Å². The standard InChI is InChI=1S/C17H27N3O4S.ClH/c1-4-25(22,23)20-14-9-8-12(11-15(14)24-3)19-16(21)13-7-5-6-10-17(13,2)18;/h8-9,11,13,20H,4-7,10,18H2,1-3H3,(H,19,21);1H. The molecular weight excluding hydrogens is 378 g/mol. The van der Waals surface area contributed by atoms with Crippen molar-refractivity contribution in [1.82, 2.24) is 0 Å². The van der Waals surface area contributed by atoms with Gasteiger partial charge in [0.15, 0.2) is 0 Å². The number of benzene rings is 1. The second-order valence-electron chi connectivity index (χ2n) is 6.71. The van der Waals surface area contributed by atoms with E-state index in [1.54, 1.807) is 25.1 Å². The Hall–Kier alpha value is -1.51. The van der Waals surface area contributed by atoms with Crippen LogP contribution in [0.3, 0.4) is 0 Å². The molecule has 1 aliphatic rings. The summed E-state index contributed by atoms with van der Waals surface area (Å²) in [6.45, 7) is 3.47. The lowest BCUT2D eigenvalue weighted by molar-refractivity contribution is -0.122. The summed E-state index contributed by atoms with van der Waals surface area (Å²) < 4.78 is 31.2. The molecule has 1 aromatic rings. The number of nitrogens with two attached hydrogens (primary N) is 1. The molecule has 1 aromatic carbocycles. The number of carbonyl (C=O) groups excluding carboxylic acids is 1. The van der Waals surface area contributed by atoms with Crippen LogP contribution in [0, 0.1) is 5.92 Å². The van der Waals surface area contributed by atoms with E-state index in [2.05, 4.69) is 10.0 Å². The quantitative estimate of drug-likeness (QED) is 0.673. The SMILES string of the molecule is CCS(=O)(=O)Nc1ccc(NC(=O)C2CCCCC2(C)N)cc1OC.Cl. The van der Waals surface area contributed by atoms with Crippen molar-refractivity contribution < 1.29 is 17.9 Å². The first-order chi connectivity index (χ1) is 11.7. The average Bonchev–Trinajstić information content (AvgIpc) is 2.55. The van der Waals surface area contributed by atoms with Crippen molar-refractivity contribution in [3.63, 3.8) is 0 Å². The number of hydrogen-bond acceptors (Lipinski definition) is 5. The van der Waals surface area contributed by atoms with Gasteiger partial charge in [-0.3, -0.25) is 9.52 Å². The van der Waals surface area contributed by atoms with Gasteiger partial charge in [-0.2, -0.15) is 0 Å². The topological polar surface area (TPSA) is 111 Å². The first kappa shape index (κ1) is 22.5. The Balaban J connectivity index is 0.00000338. The lowest BCUT2D eigenvalue weighted by Gasteiger charge is -2.37. The molecule has 7 nitrogen and oxygen atoms in total. The zero-order valence-electron chi connectivity index (χ0n) is 15.4. The molecular formula is C17H28ClN3O4S. The van der Waals surface area contributed by atoms with Gasteiger partial charge < -0.3 is 15.8 Å². The van der Waals surface area contributed by atoms with Crippen LogP contribution in [0.1, 0.15) is 39.5 Å². The van der Waals surface area contributed by atoms with Gasteiger partial charge >= 0.3 is 0 Å². The molecule has 2 atom stereocenters. The van der Waals surface area contributed by atoms with Crippen molar-refractivity contribution in [3.05, 3.63) is 18.2 Å². The van der Waals surface area contributed by atoms with Gasteiger partial charge in [-0.05, 0) is 38.8 Å². The Morgan fingerprint density at radius 1 is 1.38 bits per heavy atom. The zero-order valence-corrected chi connectivity index (χ0v) is 17.0.